The lowest BCUT2D eigenvalue weighted by atomic mass is 10.0. The lowest BCUT2D eigenvalue weighted by Crippen LogP contribution is -2.05. The van der Waals surface area contributed by atoms with Crippen LogP contribution in [0.2, 0.25) is 0 Å². The summed E-state index contributed by atoms with van der Waals surface area (Å²) in [7, 11) is 0. The van der Waals surface area contributed by atoms with Gasteiger partial charge in [0.05, 0.1) is 18.4 Å². The summed E-state index contributed by atoms with van der Waals surface area (Å²) < 4.78 is 6.02. The van der Waals surface area contributed by atoms with E-state index in [1.807, 2.05) is 31.3 Å². The van der Waals surface area contributed by atoms with Gasteiger partial charge in [-0.2, -0.15) is 5.26 Å². The number of ether oxygens (including phenoxy) is 1. The standard InChI is InChI=1S/C26H36N2O/c1-3-5-6-7-8-9-10-13-23-16-18-28-25(20-23)24-14-11-12-15-26(24)29-19-17-22(4-2)21-27/h11-12,14-16,18,20,22H,3-10,13,17,19H2,1-2H3. The first-order chi connectivity index (χ1) is 14.3. The maximum atomic E-state index is 9.11. The molecule has 0 aliphatic rings. The van der Waals surface area contributed by atoms with Crippen LogP contribution >= 0.6 is 0 Å². The van der Waals surface area contributed by atoms with E-state index in [4.69, 9.17) is 10.00 Å². The van der Waals surface area contributed by atoms with E-state index in [1.165, 1.54) is 50.5 Å². The molecule has 1 unspecified atom stereocenters. The number of hydrogen-bond acceptors (Lipinski definition) is 3. The van der Waals surface area contributed by atoms with Crippen LogP contribution in [-0.4, -0.2) is 11.6 Å². The Balaban J connectivity index is 1.91. The van der Waals surface area contributed by atoms with Crippen molar-refractivity contribution in [2.75, 3.05) is 6.61 Å². The van der Waals surface area contributed by atoms with Gasteiger partial charge >= 0.3 is 0 Å². The number of hydrogen-bond donors (Lipinski definition) is 0. The minimum Gasteiger partial charge on any atom is -0.493 e. The number of para-hydroxylation sites is 1. The van der Waals surface area contributed by atoms with E-state index in [-0.39, 0.29) is 5.92 Å². The minimum absolute atomic E-state index is 0.0607. The van der Waals surface area contributed by atoms with Crippen LogP contribution in [0.15, 0.2) is 42.6 Å². The van der Waals surface area contributed by atoms with E-state index >= 15 is 0 Å². The normalized spacial score (nSPS) is 11.8. The average molecular weight is 393 g/mol. The van der Waals surface area contributed by atoms with Gasteiger partial charge in [-0.3, -0.25) is 4.98 Å². The molecule has 1 aromatic heterocycles. The van der Waals surface area contributed by atoms with Crippen LogP contribution in [0.5, 0.6) is 5.75 Å². The van der Waals surface area contributed by atoms with Crippen molar-refractivity contribution in [1.82, 2.24) is 4.98 Å². The highest BCUT2D eigenvalue weighted by Gasteiger charge is 2.10. The number of nitriles is 1. The maximum Gasteiger partial charge on any atom is 0.128 e. The van der Waals surface area contributed by atoms with E-state index in [9.17, 15) is 0 Å². The molecule has 3 heteroatoms. The van der Waals surface area contributed by atoms with Gasteiger partial charge in [-0.05, 0) is 55.5 Å². The molecule has 0 aliphatic carbocycles. The minimum atomic E-state index is 0.0607. The van der Waals surface area contributed by atoms with Crippen LogP contribution in [0.3, 0.4) is 0 Å². The fourth-order valence-electron chi connectivity index (χ4n) is 3.54. The predicted molar refractivity (Wildman–Crippen MR) is 121 cm³/mol. The van der Waals surface area contributed by atoms with Crippen LogP contribution in [-0.2, 0) is 6.42 Å². The zero-order valence-electron chi connectivity index (χ0n) is 18.2. The maximum absolute atomic E-state index is 9.11. The van der Waals surface area contributed by atoms with Crippen molar-refractivity contribution in [2.24, 2.45) is 5.92 Å². The third kappa shape index (κ3) is 8.28. The Morgan fingerprint density at radius 2 is 1.76 bits per heavy atom. The van der Waals surface area contributed by atoms with Crippen molar-refractivity contribution in [1.29, 1.82) is 5.26 Å². The van der Waals surface area contributed by atoms with E-state index < -0.39 is 0 Å². The topological polar surface area (TPSA) is 45.9 Å². The Morgan fingerprint density at radius 3 is 2.52 bits per heavy atom. The summed E-state index contributed by atoms with van der Waals surface area (Å²) >= 11 is 0. The summed E-state index contributed by atoms with van der Waals surface area (Å²) in [6.45, 7) is 4.86. The van der Waals surface area contributed by atoms with Crippen LogP contribution in [0.4, 0.5) is 0 Å². The van der Waals surface area contributed by atoms with Crippen molar-refractivity contribution in [3.63, 3.8) is 0 Å². The Labute approximate surface area is 177 Å². The molecule has 0 saturated heterocycles. The predicted octanol–water partition coefficient (Wildman–Crippen LogP) is 7.36. The molecule has 0 bridgehead atoms. The highest BCUT2D eigenvalue weighted by atomic mass is 16.5. The van der Waals surface area contributed by atoms with Gasteiger partial charge in [0.15, 0.2) is 0 Å². The number of pyridine rings is 1. The van der Waals surface area contributed by atoms with Crippen LogP contribution in [0, 0.1) is 17.2 Å². The van der Waals surface area contributed by atoms with Crippen LogP contribution in [0.1, 0.15) is 77.2 Å². The number of unbranched alkanes of at least 4 members (excludes halogenated alkanes) is 6. The molecule has 156 valence electrons. The summed E-state index contributed by atoms with van der Waals surface area (Å²) in [5.74, 6) is 0.909. The zero-order valence-corrected chi connectivity index (χ0v) is 18.2. The Hall–Kier alpha value is -2.34. The molecule has 1 heterocycles. The third-order valence-corrected chi connectivity index (χ3v) is 5.46. The second kappa shape index (κ2) is 13.8. The summed E-state index contributed by atoms with van der Waals surface area (Å²) in [5, 5.41) is 9.11. The zero-order chi connectivity index (χ0) is 20.7. The molecule has 3 nitrogen and oxygen atoms in total. The SMILES string of the molecule is CCCCCCCCCc1ccnc(-c2ccccc2OCCC(C#N)CC)c1. The Kier molecular flexibility index (Phi) is 10.9. The molecule has 0 radical (unpaired) electrons. The van der Waals surface area contributed by atoms with Crippen molar-refractivity contribution < 1.29 is 4.74 Å². The van der Waals surface area contributed by atoms with Crippen molar-refractivity contribution >= 4 is 0 Å². The molecule has 0 fully saturated rings. The van der Waals surface area contributed by atoms with Gasteiger partial charge in [-0.15, -0.1) is 0 Å². The quantitative estimate of drug-likeness (QED) is 0.315. The number of aryl methyl sites for hydroxylation is 1. The molecule has 0 spiro atoms. The summed E-state index contributed by atoms with van der Waals surface area (Å²) in [4.78, 5) is 4.59. The van der Waals surface area contributed by atoms with Gasteiger partial charge in [0.1, 0.15) is 5.75 Å². The average Bonchev–Trinajstić information content (AvgIpc) is 2.76. The van der Waals surface area contributed by atoms with Crippen LogP contribution < -0.4 is 4.74 Å². The second-order valence-corrected chi connectivity index (χ2v) is 7.79. The Morgan fingerprint density at radius 1 is 1.00 bits per heavy atom. The highest BCUT2D eigenvalue weighted by Crippen LogP contribution is 2.29. The monoisotopic (exact) mass is 392 g/mol. The van der Waals surface area contributed by atoms with Gasteiger partial charge in [0, 0.05) is 17.7 Å². The first-order valence-electron chi connectivity index (χ1n) is 11.3. The van der Waals surface area contributed by atoms with Gasteiger partial charge in [-0.1, -0.05) is 64.5 Å². The molecule has 29 heavy (non-hydrogen) atoms. The second-order valence-electron chi connectivity index (χ2n) is 7.79. The first-order valence-corrected chi connectivity index (χ1v) is 11.3. The van der Waals surface area contributed by atoms with Gasteiger partial charge in [0.2, 0.25) is 0 Å². The fraction of sp³-hybridized carbons (Fsp3) is 0.538. The lowest BCUT2D eigenvalue weighted by Gasteiger charge is -2.13. The molecule has 2 rings (SSSR count). The molecule has 2 aromatic rings. The summed E-state index contributed by atoms with van der Waals surface area (Å²) in [6.07, 6.45) is 13.9. The smallest absolute Gasteiger partial charge is 0.128 e. The van der Waals surface area contributed by atoms with Gasteiger partial charge in [-0.25, -0.2) is 0 Å². The number of aromatic nitrogens is 1. The van der Waals surface area contributed by atoms with Crippen molar-refractivity contribution in [3.05, 3.63) is 48.2 Å². The number of benzene rings is 1. The van der Waals surface area contributed by atoms with E-state index in [1.54, 1.807) is 0 Å². The van der Waals surface area contributed by atoms with Crippen molar-refractivity contribution in [3.8, 4) is 23.1 Å². The van der Waals surface area contributed by atoms with E-state index in [0.717, 1.165) is 36.3 Å². The van der Waals surface area contributed by atoms with E-state index in [0.29, 0.717) is 6.61 Å². The highest BCUT2D eigenvalue weighted by molar-refractivity contribution is 5.67. The molecule has 0 saturated carbocycles. The van der Waals surface area contributed by atoms with Crippen molar-refractivity contribution in [2.45, 2.75) is 78.1 Å². The Bertz CT molecular complexity index is 750. The molecule has 0 aliphatic heterocycles. The van der Waals surface area contributed by atoms with Gasteiger partial charge in [0.25, 0.3) is 0 Å². The van der Waals surface area contributed by atoms with Crippen LogP contribution in [0.25, 0.3) is 11.3 Å². The molecular formula is C26H36N2O. The molecule has 1 atom stereocenters. The molecular weight excluding hydrogens is 356 g/mol. The lowest BCUT2D eigenvalue weighted by molar-refractivity contribution is 0.292. The molecule has 0 N–H and O–H groups in total. The summed E-state index contributed by atoms with van der Waals surface area (Å²) in [5.41, 5.74) is 3.33. The fourth-order valence-corrected chi connectivity index (χ4v) is 3.54. The van der Waals surface area contributed by atoms with Gasteiger partial charge < -0.3 is 4.74 Å². The summed E-state index contributed by atoms with van der Waals surface area (Å²) in [6, 6.07) is 14.7. The first kappa shape index (κ1) is 22.9. The number of rotatable bonds is 14. The third-order valence-electron chi connectivity index (χ3n) is 5.46. The molecule has 0 amide bonds. The molecule has 1 aromatic carbocycles. The number of nitrogens with zero attached hydrogens (tertiary/aromatic N) is 2. The largest absolute Gasteiger partial charge is 0.493 e. The van der Waals surface area contributed by atoms with E-state index in [2.05, 4.69) is 36.2 Å².